The largest absolute Gasteiger partial charge is 0.478 e. The lowest BCUT2D eigenvalue weighted by molar-refractivity contribution is -0.138. The van der Waals surface area contributed by atoms with Gasteiger partial charge in [-0.3, -0.25) is 9.59 Å². The Hall–Kier alpha value is -2.86. The van der Waals surface area contributed by atoms with Gasteiger partial charge in [-0.2, -0.15) is 0 Å². The van der Waals surface area contributed by atoms with Gasteiger partial charge in [-0.15, -0.1) is 0 Å². The molecule has 0 bridgehead atoms. The number of nitrogens with zero attached hydrogens (tertiary/aromatic N) is 1. The molecule has 6 heteroatoms. The van der Waals surface area contributed by atoms with Crippen molar-refractivity contribution < 1.29 is 19.4 Å². The minimum absolute atomic E-state index is 0.0774. The van der Waals surface area contributed by atoms with Crippen LogP contribution in [0.25, 0.3) is 0 Å². The number of anilines is 1. The molecule has 0 fully saturated rings. The molecule has 2 aromatic rings. The van der Waals surface area contributed by atoms with Gasteiger partial charge < -0.3 is 20.1 Å². The fraction of sp³-hybridized carbons (Fsp3) is 0.300. The van der Waals surface area contributed by atoms with Crippen LogP contribution in [0.2, 0.25) is 0 Å². The van der Waals surface area contributed by atoms with Gasteiger partial charge in [0.2, 0.25) is 5.91 Å². The van der Waals surface area contributed by atoms with E-state index < -0.39 is 6.10 Å². The van der Waals surface area contributed by atoms with Gasteiger partial charge in [-0.25, -0.2) is 0 Å². The van der Waals surface area contributed by atoms with Gasteiger partial charge in [-0.1, -0.05) is 36.4 Å². The van der Waals surface area contributed by atoms with Crippen LogP contribution >= 0.6 is 0 Å². The summed E-state index contributed by atoms with van der Waals surface area (Å²) in [7, 11) is 0. The highest BCUT2D eigenvalue weighted by atomic mass is 16.5. The molecule has 0 aliphatic carbocycles. The normalized spacial score (nSPS) is 15.6. The number of aryl methyl sites for hydroxylation is 1. The van der Waals surface area contributed by atoms with E-state index in [1.807, 2.05) is 49.4 Å². The average molecular weight is 354 g/mol. The SMILES string of the molecule is Cc1ccc2c(c1)NC(=O)C(CC(=O)N(CCO)Cc1ccccc1)O2. The summed E-state index contributed by atoms with van der Waals surface area (Å²) in [6.45, 7) is 2.37. The van der Waals surface area contributed by atoms with Crippen molar-refractivity contribution in [3.63, 3.8) is 0 Å². The first-order valence-corrected chi connectivity index (χ1v) is 8.57. The second-order valence-corrected chi connectivity index (χ2v) is 6.32. The summed E-state index contributed by atoms with van der Waals surface area (Å²) in [5.41, 5.74) is 2.60. The van der Waals surface area contributed by atoms with Crippen LogP contribution in [-0.4, -0.2) is 41.1 Å². The fourth-order valence-corrected chi connectivity index (χ4v) is 2.90. The summed E-state index contributed by atoms with van der Waals surface area (Å²) in [4.78, 5) is 26.5. The van der Waals surface area contributed by atoms with Crippen LogP contribution in [0.15, 0.2) is 48.5 Å². The Bertz CT molecular complexity index is 792. The fourth-order valence-electron chi connectivity index (χ4n) is 2.90. The van der Waals surface area contributed by atoms with E-state index in [2.05, 4.69) is 5.32 Å². The van der Waals surface area contributed by atoms with Crippen molar-refractivity contribution in [3.05, 3.63) is 59.7 Å². The lowest BCUT2D eigenvalue weighted by Gasteiger charge is -2.28. The van der Waals surface area contributed by atoms with Crippen molar-refractivity contribution in [2.24, 2.45) is 0 Å². The van der Waals surface area contributed by atoms with Crippen molar-refractivity contribution in [1.29, 1.82) is 0 Å². The Morgan fingerprint density at radius 2 is 2.00 bits per heavy atom. The molecule has 136 valence electrons. The Balaban J connectivity index is 1.69. The van der Waals surface area contributed by atoms with E-state index in [9.17, 15) is 14.7 Å². The van der Waals surface area contributed by atoms with E-state index in [0.29, 0.717) is 18.0 Å². The molecule has 1 atom stereocenters. The minimum atomic E-state index is -0.880. The highest BCUT2D eigenvalue weighted by Gasteiger charge is 2.31. The molecule has 1 aliphatic rings. The predicted molar refractivity (Wildman–Crippen MR) is 97.8 cm³/mol. The molecule has 0 spiro atoms. The van der Waals surface area contributed by atoms with E-state index >= 15 is 0 Å². The van der Waals surface area contributed by atoms with Gasteiger partial charge in [0.15, 0.2) is 6.10 Å². The van der Waals surface area contributed by atoms with Crippen LogP contribution in [0.4, 0.5) is 5.69 Å². The van der Waals surface area contributed by atoms with Crippen LogP contribution in [-0.2, 0) is 16.1 Å². The summed E-state index contributed by atoms with van der Waals surface area (Å²) in [5.74, 6) is -0.0107. The molecular weight excluding hydrogens is 332 g/mol. The number of fused-ring (bicyclic) bond motifs is 1. The number of amides is 2. The predicted octanol–water partition coefficient (Wildman–Crippen LogP) is 2.11. The van der Waals surface area contributed by atoms with Gasteiger partial charge >= 0.3 is 0 Å². The van der Waals surface area contributed by atoms with Crippen LogP contribution in [0.1, 0.15) is 17.5 Å². The third-order valence-electron chi connectivity index (χ3n) is 4.25. The third kappa shape index (κ3) is 4.21. The highest BCUT2D eigenvalue weighted by molar-refractivity contribution is 6.00. The van der Waals surface area contributed by atoms with Gasteiger partial charge in [0, 0.05) is 13.1 Å². The molecule has 3 rings (SSSR count). The Kier molecular flexibility index (Phi) is 5.53. The number of hydrogen-bond donors (Lipinski definition) is 2. The Morgan fingerprint density at radius 3 is 2.73 bits per heavy atom. The van der Waals surface area contributed by atoms with Crippen LogP contribution in [0.3, 0.4) is 0 Å². The number of benzene rings is 2. The Labute approximate surface area is 152 Å². The lowest BCUT2D eigenvalue weighted by Crippen LogP contribution is -2.42. The second-order valence-electron chi connectivity index (χ2n) is 6.32. The molecule has 0 radical (unpaired) electrons. The molecule has 1 aliphatic heterocycles. The molecular formula is C20H22N2O4. The average Bonchev–Trinajstić information content (AvgIpc) is 2.63. The van der Waals surface area contributed by atoms with Crippen LogP contribution in [0.5, 0.6) is 5.75 Å². The Morgan fingerprint density at radius 1 is 1.23 bits per heavy atom. The molecule has 1 heterocycles. The van der Waals surface area contributed by atoms with Crippen molar-refractivity contribution in [1.82, 2.24) is 4.90 Å². The molecule has 26 heavy (non-hydrogen) atoms. The molecule has 6 nitrogen and oxygen atoms in total. The first-order valence-electron chi connectivity index (χ1n) is 8.57. The van der Waals surface area contributed by atoms with Gasteiger partial charge in [-0.05, 0) is 30.2 Å². The number of ether oxygens (including phenoxy) is 1. The maximum atomic E-state index is 12.7. The number of rotatable bonds is 6. The second kappa shape index (κ2) is 8.01. The summed E-state index contributed by atoms with van der Waals surface area (Å²) >= 11 is 0. The number of hydrogen-bond acceptors (Lipinski definition) is 4. The first-order chi connectivity index (χ1) is 12.6. The smallest absolute Gasteiger partial charge is 0.266 e. The number of aliphatic hydroxyl groups excluding tert-OH is 1. The molecule has 2 aromatic carbocycles. The quantitative estimate of drug-likeness (QED) is 0.833. The standard InChI is InChI=1S/C20H22N2O4/c1-14-7-8-17-16(11-14)21-20(25)18(26-17)12-19(24)22(9-10-23)13-15-5-3-2-4-6-15/h2-8,11,18,23H,9-10,12-13H2,1H3,(H,21,25). The van der Waals surface area contributed by atoms with Crippen molar-refractivity contribution in [2.75, 3.05) is 18.5 Å². The highest BCUT2D eigenvalue weighted by Crippen LogP contribution is 2.31. The third-order valence-corrected chi connectivity index (χ3v) is 4.25. The number of aliphatic hydroxyl groups is 1. The zero-order chi connectivity index (χ0) is 18.5. The van der Waals surface area contributed by atoms with Crippen LogP contribution in [0, 0.1) is 6.92 Å². The molecule has 1 unspecified atom stereocenters. The minimum Gasteiger partial charge on any atom is -0.478 e. The summed E-state index contributed by atoms with van der Waals surface area (Å²) < 4.78 is 5.73. The van der Waals surface area contributed by atoms with Gasteiger partial charge in [0.25, 0.3) is 5.91 Å². The number of nitrogens with one attached hydrogen (secondary N) is 1. The topological polar surface area (TPSA) is 78.9 Å². The van der Waals surface area contributed by atoms with E-state index in [1.165, 1.54) is 4.90 Å². The summed E-state index contributed by atoms with van der Waals surface area (Å²) in [6, 6.07) is 15.0. The zero-order valence-corrected chi connectivity index (χ0v) is 14.6. The van der Waals surface area contributed by atoms with Gasteiger partial charge in [0.05, 0.1) is 18.7 Å². The maximum absolute atomic E-state index is 12.7. The molecule has 0 aromatic heterocycles. The van der Waals surface area contributed by atoms with Gasteiger partial charge in [0.1, 0.15) is 5.75 Å². The van der Waals surface area contributed by atoms with Crippen LogP contribution < -0.4 is 10.1 Å². The summed E-state index contributed by atoms with van der Waals surface area (Å²) in [6.07, 6.45) is -0.957. The monoisotopic (exact) mass is 354 g/mol. The summed E-state index contributed by atoms with van der Waals surface area (Å²) in [5, 5.41) is 12.1. The van der Waals surface area contributed by atoms with E-state index in [0.717, 1.165) is 11.1 Å². The molecule has 0 saturated heterocycles. The first kappa shape index (κ1) is 17.9. The van der Waals surface area contributed by atoms with Crippen molar-refractivity contribution in [2.45, 2.75) is 26.0 Å². The lowest BCUT2D eigenvalue weighted by atomic mass is 10.1. The van der Waals surface area contributed by atoms with E-state index in [4.69, 9.17) is 4.74 Å². The van der Waals surface area contributed by atoms with Crippen molar-refractivity contribution >= 4 is 17.5 Å². The van der Waals surface area contributed by atoms with E-state index in [1.54, 1.807) is 6.07 Å². The molecule has 2 N–H and O–H groups in total. The maximum Gasteiger partial charge on any atom is 0.266 e. The van der Waals surface area contributed by atoms with E-state index in [-0.39, 0.29) is 31.4 Å². The van der Waals surface area contributed by atoms with Crippen molar-refractivity contribution in [3.8, 4) is 5.75 Å². The molecule has 0 saturated carbocycles. The number of carbonyl (C=O) groups excluding carboxylic acids is 2. The molecule has 2 amide bonds. The zero-order valence-electron chi connectivity index (χ0n) is 14.6. The number of carbonyl (C=O) groups is 2.